The molecular weight excluding hydrogens is 278 g/mol. The molecule has 0 unspecified atom stereocenters. The van der Waals surface area contributed by atoms with Crippen molar-refractivity contribution in [3.8, 4) is 11.1 Å². The SMILES string of the molecule is C=CCN(c1ccccc1)c1ccc(-c2ccc(C)cc2)cc1. The molecule has 0 atom stereocenters. The van der Waals surface area contributed by atoms with Crippen molar-refractivity contribution in [2.45, 2.75) is 6.92 Å². The van der Waals surface area contributed by atoms with Gasteiger partial charge in [0.05, 0.1) is 0 Å². The first-order valence-electron chi connectivity index (χ1n) is 7.88. The molecule has 3 rings (SSSR count). The van der Waals surface area contributed by atoms with E-state index in [1.807, 2.05) is 12.1 Å². The lowest BCUT2D eigenvalue weighted by molar-refractivity contribution is 1.10. The van der Waals surface area contributed by atoms with E-state index in [1.54, 1.807) is 0 Å². The molecule has 0 radical (unpaired) electrons. The summed E-state index contributed by atoms with van der Waals surface area (Å²) in [7, 11) is 0. The predicted octanol–water partition coefficient (Wildman–Crippen LogP) is 5.99. The number of benzene rings is 3. The lowest BCUT2D eigenvalue weighted by Gasteiger charge is -2.23. The smallest absolute Gasteiger partial charge is 0.0414 e. The van der Waals surface area contributed by atoms with E-state index in [0.717, 1.165) is 6.54 Å². The van der Waals surface area contributed by atoms with E-state index in [4.69, 9.17) is 0 Å². The Hall–Kier alpha value is -2.80. The average molecular weight is 299 g/mol. The minimum absolute atomic E-state index is 0.786. The van der Waals surface area contributed by atoms with Gasteiger partial charge in [0.25, 0.3) is 0 Å². The fraction of sp³-hybridized carbons (Fsp3) is 0.0909. The zero-order chi connectivity index (χ0) is 16.1. The summed E-state index contributed by atoms with van der Waals surface area (Å²) in [6.07, 6.45) is 1.93. The Morgan fingerprint density at radius 2 is 1.26 bits per heavy atom. The molecule has 3 aromatic carbocycles. The van der Waals surface area contributed by atoms with Gasteiger partial charge in [0.1, 0.15) is 0 Å². The van der Waals surface area contributed by atoms with Gasteiger partial charge in [-0.1, -0.05) is 66.2 Å². The number of rotatable bonds is 5. The topological polar surface area (TPSA) is 3.24 Å². The first kappa shape index (κ1) is 15.1. The molecule has 23 heavy (non-hydrogen) atoms. The molecule has 0 heterocycles. The van der Waals surface area contributed by atoms with Gasteiger partial charge < -0.3 is 4.90 Å². The van der Waals surface area contributed by atoms with Crippen LogP contribution in [0, 0.1) is 6.92 Å². The number of nitrogens with zero attached hydrogens (tertiary/aromatic N) is 1. The van der Waals surface area contributed by atoms with Crippen LogP contribution in [0.3, 0.4) is 0 Å². The third kappa shape index (κ3) is 3.51. The molecule has 0 fully saturated rings. The summed E-state index contributed by atoms with van der Waals surface area (Å²) in [5.41, 5.74) is 6.12. The Morgan fingerprint density at radius 3 is 1.83 bits per heavy atom. The van der Waals surface area contributed by atoms with E-state index in [0.29, 0.717) is 0 Å². The van der Waals surface area contributed by atoms with Gasteiger partial charge in [-0.3, -0.25) is 0 Å². The van der Waals surface area contributed by atoms with Crippen LogP contribution in [-0.2, 0) is 0 Å². The summed E-state index contributed by atoms with van der Waals surface area (Å²) in [4.78, 5) is 2.26. The fourth-order valence-corrected chi connectivity index (χ4v) is 2.68. The minimum atomic E-state index is 0.786. The molecular formula is C22H21N. The van der Waals surface area contributed by atoms with Crippen LogP contribution in [-0.4, -0.2) is 6.54 Å². The maximum absolute atomic E-state index is 3.88. The summed E-state index contributed by atoms with van der Waals surface area (Å²) in [6, 6.07) is 27.7. The maximum atomic E-state index is 3.88. The van der Waals surface area contributed by atoms with Crippen LogP contribution in [0.2, 0.25) is 0 Å². The Bertz CT molecular complexity index is 755. The molecule has 114 valence electrons. The van der Waals surface area contributed by atoms with Gasteiger partial charge in [0.2, 0.25) is 0 Å². The van der Waals surface area contributed by atoms with Crippen molar-refractivity contribution in [3.05, 3.63) is 97.1 Å². The van der Waals surface area contributed by atoms with Gasteiger partial charge in [-0.25, -0.2) is 0 Å². The van der Waals surface area contributed by atoms with Crippen LogP contribution >= 0.6 is 0 Å². The van der Waals surface area contributed by atoms with Crippen molar-refractivity contribution in [2.24, 2.45) is 0 Å². The van der Waals surface area contributed by atoms with Crippen LogP contribution < -0.4 is 4.90 Å². The molecule has 0 bridgehead atoms. The highest BCUT2D eigenvalue weighted by molar-refractivity contribution is 5.70. The second-order valence-corrected chi connectivity index (χ2v) is 5.65. The van der Waals surface area contributed by atoms with E-state index in [1.165, 1.54) is 28.1 Å². The van der Waals surface area contributed by atoms with Gasteiger partial charge in [-0.05, 0) is 42.3 Å². The highest BCUT2D eigenvalue weighted by atomic mass is 15.1. The maximum Gasteiger partial charge on any atom is 0.0414 e. The summed E-state index contributed by atoms with van der Waals surface area (Å²) < 4.78 is 0. The molecule has 0 saturated carbocycles. The molecule has 0 aliphatic carbocycles. The molecule has 0 N–H and O–H groups in total. The molecule has 1 heteroatoms. The van der Waals surface area contributed by atoms with E-state index in [2.05, 4.69) is 91.2 Å². The van der Waals surface area contributed by atoms with Gasteiger partial charge in [-0.2, -0.15) is 0 Å². The Morgan fingerprint density at radius 1 is 0.739 bits per heavy atom. The molecule has 3 aromatic rings. The fourth-order valence-electron chi connectivity index (χ4n) is 2.68. The van der Waals surface area contributed by atoms with Crippen molar-refractivity contribution in [3.63, 3.8) is 0 Å². The quantitative estimate of drug-likeness (QED) is 0.523. The highest BCUT2D eigenvalue weighted by Gasteiger charge is 2.07. The van der Waals surface area contributed by atoms with E-state index in [-0.39, 0.29) is 0 Å². The van der Waals surface area contributed by atoms with Crippen molar-refractivity contribution >= 4 is 11.4 Å². The summed E-state index contributed by atoms with van der Waals surface area (Å²) >= 11 is 0. The Labute approximate surface area is 138 Å². The van der Waals surface area contributed by atoms with Gasteiger partial charge in [-0.15, -0.1) is 6.58 Å². The summed E-state index contributed by atoms with van der Waals surface area (Å²) in [5.74, 6) is 0. The molecule has 1 nitrogen and oxygen atoms in total. The zero-order valence-corrected chi connectivity index (χ0v) is 13.4. The van der Waals surface area contributed by atoms with Crippen LogP contribution in [0.15, 0.2) is 91.5 Å². The zero-order valence-electron chi connectivity index (χ0n) is 13.4. The van der Waals surface area contributed by atoms with Crippen LogP contribution in [0.1, 0.15) is 5.56 Å². The van der Waals surface area contributed by atoms with Crippen molar-refractivity contribution < 1.29 is 0 Å². The normalized spacial score (nSPS) is 10.3. The van der Waals surface area contributed by atoms with Crippen LogP contribution in [0.4, 0.5) is 11.4 Å². The Balaban J connectivity index is 1.90. The summed E-state index contributed by atoms with van der Waals surface area (Å²) in [6.45, 7) is 6.78. The van der Waals surface area contributed by atoms with Crippen LogP contribution in [0.25, 0.3) is 11.1 Å². The second kappa shape index (κ2) is 6.97. The molecule has 0 aliphatic heterocycles. The van der Waals surface area contributed by atoms with Crippen molar-refractivity contribution in [1.29, 1.82) is 0 Å². The van der Waals surface area contributed by atoms with Gasteiger partial charge in [0, 0.05) is 17.9 Å². The molecule has 0 spiro atoms. The van der Waals surface area contributed by atoms with E-state index < -0.39 is 0 Å². The lowest BCUT2D eigenvalue weighted by Crippen LogP contribution is -2.16. The summed E-state index contributed by atoms with van der Waals surface area (Å²) in [5, 5.41) is 0. The highest BCUT2D eigenvalue weighted by Crippen LogP contribution is 2.28. The third-order valence-corrected chi connectivity index (χ3v) is 3.94. The van der Waals surface area contributed by atoms with E-state index in [9.17, 15) is 0 Å². The number of para-hydroxylation sites is 1. The van der Waals surface area contributed by atoms with Crippen LogP contribution in [0.5, 0.6) is 0 Å². The van der Waals surface area contributed by atoms with Crippen molar-refractivity contribution in [1.82, 2.24) is 0 Å². The van der Waals surface area contributed by atoms with Gasteiger partial charge >= 0.3 is 0 Å². The standard InChI is InChI=1S/C22H21N/c1-3-17-23(21-7-5-4-6-8-21)22-15-13-20(14-16-22)19-11-9-18(2)10-12-19/h3-16H,1,17H2,2H3. The molecule has 0 aliphatic rings. The largest absolute Gasteiger partial charge is 0.338 e. The molecule has 0 saturated heterocycles. The minimum Gasteiger partial charge on any atom is -0.338 e. The van der Waals surface area contributed by atoms with Crippen molar-refractivity contribution in [2.75, 3.05) is 11.4 Å². The molecule has 0 aromatic heterocycles. The van der Waals surface area contributed by atoms with Gasteiger partial charge in [0.15, 0.2) is 0 Å². The lowest BCUT2D eigenvalue weighted by atomic mass is 10.0. The predicted molar refractivity (Wildman–Crippen MR) is 100 cm³/mol. The first-order valence-corrected chi connectivity index (χ1v) is 7.88. The number of aryl methyl sites for hydroxylation is 1. The average Bonchev–Trinajstić information content (AvgIpc) is 2.61. The Kier molecular flexibility index (Phi) is 4.58. The number of hydrogen-bond donors (Lipinski definition) is 0. The number of anilines is 2. The second-order valence-electron chi connectivity index (χ2n) is 5.65. The number of hydrogen-bond acceptors (Lipinski definition) is 1. The third-order valence-electron chi connectivity index (χ3n) is 3.94. The monoisotopic (exact) mass is 299 g/mol. The molecule has 0 amide bonds. The first-order chi connectivity index (χ1) is 11.3. The van der Waals surface area contributed by atoms with E-state index >= 15 is 0 Å².